The quantitative estimate of drug-likeness (QED) is 0.614. The fourth-order valence-electron chi connectivity index (χ4n) is 4.45. The molecule has 4 rings (SSSR count). The summed E-state index contributed by atoms with van der Waals surface area (Å²) in [5.41, 5.74) is 6.36. The van der Waals surface area contributed by atoms with Gasteiger partial charge in [-0.2, -0.15) is 5.10 Å². The van der Waals surface area contributed by atoms with E-state index in [9.17, 15) is 4.79 Å². The normalized spacial score (nSPS) is 15.5. The lowest BCUT2D eigenvalue weighted by Gasteiger charge is -2.31. The van der Waals surface area contributed by atoms with Gasteiger partial charge >= 0.3 is 0 Å². The van der Waals surface area contributed by atoms with Crippen LogP contribution in [0.3, 0.4) is 0 Å². The number of allylic oxidation sites excluding steroid dienone is 1. The van der Waals surface area contributed by atoms with Crippen LogP contribution >= 0.6 is 0 Å². The molecule has 6 nitrogen and oxygen atoms in total. The highest BCUT2D eigenvalue weighted by Gasteiger charge is 2.20. The molecule has 1 fully saturated rings. The molecule has 1 amide bonds. The molecule has 0 bridgehead atoms. The van der Waals surface area contributed by atoms with E-state index >= 15 is 0 Å². The van der Waals surface area contributed by atoms with Crippen LogP contribution in [0, 0.1) is 13.8 Å². The maximum atomic E-state index is 12.6. The van der Waals surface area contributed by atoms with E-state index in [0.29, 0.717) is 12.8 Å². The molecule has 0 aliphatic carbocycles. The van der Waals surface area contributed by atoms with Gasteiger partial charge in [-0.1, -0.05) is 23.8 Å². The molecule has 0 saturated carbocycles. The van der Waals surface area contributed by atoms with Gasteiger partial charge in [0.05, 0.1) is 5.52 Å². The molecule has 0 unspecified atom stereocenters. The number of carbonyl (C=O) groups is 1. The van der Waals surface area contributed by atoms with Gasteiger partial charge in [-0.05, 0) is 64.7 Å². The van der Waals surface area contributed by atoms with E-state index in [1.54, 1.807) is 0 Å². The van der Waals surface area contributed by atoms with E-state index in [1.807, 2.05) is 29.6 Å². The van der Waals surface area contributed by atoms with Crippen LogP contribution in [0.5, 0.6) is 0 Å². The molecule has 1 N–H and O–H groups in total. The maximum absolute atomic E-state index is 12.6. The minimum absolute atomic E-state index is 0.132. The second kappa shape index (κ2) is 9.18. The number of aromatic nitrogens is 3. The summed E-state index contributed by atoms with van der Waals surface area (Å²) in [5.74, 6) is 0.132. The molecule has 164 valence electrons. The molecule has 1 aromatic carbocycles. The molecule has 0 radical (unpaired) electrons. The Balaban J connectivity index is 1.36. The van der Waals surface area contributed by atoms with Crippen molar-refractivity contribution in [1.82, 2.24) is 24.8 Å². The molecular formula is C25H33N5O. The van der Waals surface area contributed by atoms with Crippen molar-refractivity contribution in [2.24, 2.45) is 0 Å². The monoisotopic (exact) mass is 419 g/mol. The molecule has 0 spiro atoms. The Labute approximate surface area is 184 Å². The highest BCUT2D eigenvalue weighted by Crippen LogP contribution is 2.23. The number of nitrogens with zero attached hydrogens (tertiary/aromatic N) is 4. The van der Waals surface area contributed by atoms with Crippen molar-refractivity contribution < 1.29 is 4.79 Å². The van der Waals surface area contributed by atoms with Crippen molar-refractivity contribution in [3.8, 4) is 0 Å². The average molecular weight is 420 g/mol. The number of likely N-dealkylation sites (tertiary alicyclic amines) is 1. The Morgan fingerprint density at radius 1 is 1.19 bits per heavy atom. The van der Waals surface area contributed by atoms with Gasteiger partial charge in [0.1, 0.15) is 0 Å². The van der Waals surface area contributed by atoms with Crippen LogP contribution in [0.4, 0.5) is 0 Å². The second-order valence-corrected chi connectivity index (χ2v) is 8.94. The van der Waals surface area contributed by atoms with E-state index in [1.165, 1.54) is 5.57 Å². The van der Waals surface area contributed by atoms with Gasteiger partial charge in [0.15, 0.2) is 5.65 Å². The fourth-order valence-corrected chi connectivity index (χ4v) is 4.45. The number of fused-ring (bicyclic) bond motifs is 3. The zero-order valence-corrected chi connectivity index (χ0v) is 19.1. The number of nitrogens with one attached hydrogen (secondary N) is 1. The highest BCUT2D eigenvalue weighted by molar-refractivity contribution is 5.92. The van der Waals surface area contributed by atoms with Crippen molar-refractivity contribution in [3.63, 3.8) is 0 Å². The first-order valence-electron chi connectivity index (χ1n) is 11.3. The number of carbonyl (C=O) groups excluding carboxylic acids is 1. The van der Waals surface area contributed by atoms with Gasteiger partial charge in [0, 0.05) is 48.9 Å². The smallest absolute Gasteiger partial charge is 0.220 e. The van der Waals surface area contributed by atoms with Gasteiger partial charge in [-0.3, -0.25) is 9.69 Å². The molecule has 1 aliphatic heterocycles. The van der Waals surface area contributed by atoms with Crippen LogP contribution in [-0.4, -0.2) is 51.1 Å². The summed E-state index contributed by atoms with van der Waals surface area (Å²) in [5, 5.41) is 9.03. The Morgan fingerprint density at radius 2 is 1.94 bits per heavy atom. The first-order chi connectivity index (χ1) is 14.9. The first-order valence-corrected chi connectivity index (χ1v) is 11.3. The zero-order chi connectivity index (χ0) is 22.0. The predicted molar refractivity (Wildman–Crippen MR) is 125 cm³/mol. The molecule has 31 heavy (non-hydrogen) atoms. The fraction of sp³-hybridized carbons (Fsp3) is 0.480. The molecule has 3 heterocycles. The zero-order valence-electron chi connectivity index (χ0n) is 19.1. The van der Waals surface area contributed by atoms with E-state index in [4.69, 9.17) is 10.1 Å². The number of amides is 1. The van der Waals surface area contributed by atoms with Gasteiger partial charge in [0.25, 0.3) is 0 Å². The molecular weight excluding hydrogens is 386 g/mol. The topological polar surface area (TPSA) is 62.5 Å². The number of piperidine rings is 1. The molecule has 6 heteroatoms. The number of rotatable bonds is 6. The molecule has 1 aliphatic rings. The van der Waals surface area contributed by atoms with Crippen molar-refractivity contribution >= 4 is 22.5 Å². The van der Waals surface area contributed by atoms with Gasteiger partial charge in [-0.15, -0.1) is 0 Å². The van der Waals surface area contributed by atoms with Gasteiger partial charge in [-0.25, -0.2) is 9.50 Å². The van der Waals surface area contributed by atoms with E-state index in [2.05, 4.69) is 43.1 Å². The summed E-state index contributed by atoms with van der Waals surface area (Å²) >= 11 is 0. The lowest BCUT2D eigenvalue weighted by atomic mass is 10.0. The minimum atomic E-state index is 0.132. The van der Waals surface area contributed by atoms with Crippen molar-refractivity contribution in [2.45, 2.75) is 59.4 Å². The summed E-state index contributed by atoms with van der Waals surface area (Å²) < 4.78 is 1.92. The first kappa shape index (κ1) is 21.5. The Morgan fingerprint density at radius 3 is 2.68 bits per heavy atom. The summed E-state index contributed by atoms with van der Waals surface area (Å²) in [6, 6.07) is 8.36. The van der Waals surface area contributed by atoms with Crippen molar-refractivity contribution in [1.29, 1.82) is 0 Å². The largest absolute Gasteiger partial charge is 0.353 e. The van der Waals surface area contributed by atoms with Crippen LogP contribution in [-0.2, 0) is 11.2 Å². The Hall–Kier alpha value is -2.73. The van der Waals surface area contributed by atoms with Crippen molar-refractivity contribution in [3.05, 3.63) is 52.9 Å². The van der Waals surface area contributed by atoms with Crippen molar-refractivity contribution in [2.75, 3.05) is 19.6 Å². The third-order valence-corrected chi connectivity index (χ3v) is 6.33. The molecule has 1 saturated heterocycles. The van der Waals surface area contributed by atoms with E-state index in [-0.39, 0.29) is 11.9 Å². The summed E-state index contributed by atoms with van der Waals surface area (Å²) in [6.07, 6.45) is 5.48. The average Bonchev–Trinajstić information content (AvgIpc) is 3.12. The standard InChI is InChI=1S/C25H33N5O/c1-17(2)11-14-29-15-12-20(13-16-29)27-24(31)10-9-21-18(3)26-25-22-7-5-6-8-23(22)28-30(25)19(21)4/h5-8,11,20H,9-10,12-16H2,1-4H3,(H,27,31). The molecule has 2 aromatic heterocycles. The third kappa shape index (κ3) is 4.79. The second-order valence-electron chi connectivity index (χ2n) is 8.94. The predicted octanol–water partition coefficient (Wildman–Crippen LogP) is 3.98. The van der Waals surface area contributed by atoms with Crippen LogP contribution < -0.4 is 5.32 Å². The van der Waals surface area contributed by atoms with Crippen LogP contribution in [0.15, 0.2) is 35.9 Å². The number of benzene rings is 1. The van der Waals surface area contributed by atoms with Gasteiger partial charge in [0.2, 0.25) is 5.91 Å². The highest BCUT2D eigenvalue weighted by atomic mass is 16.1. The van der Waals surface area contributed by atoms with E-state index in [0.717, 1.165) is 66.0 Å². The molecule has 0 atom stereocenters. The van der Waals surface area contributed by atoms with E-state index < -0.39 is 0 Å². The van der Waals surface area contributed by atoms with Crippen LogP contribution in [0.2, 0.25) is 0 Å². The SMILES string of the molecule is CC(C)=CCN1CCC(NC(=O)CCc2c(C)nc3c4ccccc4nn3c2C)CC1. The Bertz CT molecular complexity index is 1120. The number of hydrogen-bond donors (Lipinski definition) is 1. The minimum Gasteiger partial charge on any atom is -0.353 e. The summed E-state index contributed by atoms with van der Waals surface area (Å²) in [6.45, 7) is 11.5. The summed E-state index contributed by atoms with van der Waals surface area (Å²) in [7, 11) is 0. The number of aryl methyl sites for hydroxylation is 2. The van der Waals surface area contributed by atoms with Crippen LogP contribution in [0.1, 0.15) is 50.1 Å². The Kier molecular flexibility index (Phi) is 6.37. The lowest BCUT2D eigenvalue weighted by Crippen LogP contribution is -2.44. The lowest BCUT2D eigenvalue weighted by molar-refractivity contribution is -0.122. The molecule has 3 aromatic rings. The third-order valence-electron chi connectivity index (χ3n) is 6.33. The number of hydrogen-bond acceptors (Lipinski definition) is 4. The summed E-state index contributed by atoms with van der Waals surface area (Å²) in [4.78, 5) is 19.9. The maximum Gasteiger partial charge on any atom is 0.220 e. The van der Waals surface area contributed by atoms with Gasteiger partial charge < -0.3 is 5.32 Å². The van der Waals surface area contributed by atoms with Crippen LogP contribution in [0.25, 0.3) is 16.6 Å².